The van der Waals surface area contributed by atoms with Gasteiger partial charge in [0.2, 0.25) is 0 Å². The maximum atomic E-state index is 12.2. The summed E-state index contributed by atoms with van der Waals surface area (Å²) < 4.78 is 1.34. The van der Waals surface area contributed by atoms with Gasteiger partial charge in [0, 0.05) is 35.1 Å². The first-order valence-corrected chi connectivity index (χ1v) is 10.1. The summed E-state index contributed by atoms with van der Waals surface area (Å²) in [5.74, 6) is 0.592. The number of carbonyl (C=O) groups excluding carboxylic acids is 1. The van der Waals surface area contributed by atoms with Gasteiger partial charge < -0.3 is 0 Å². The number of anilines is 1. The highest BCUT2D eigenvalue weighted by Gasteiger charge is 2.15. The second-order valence-electron chi connectivity index (χ2n) is 6.07. The van der Waals surface area contributed by atoms with E-state index in [0.717, 1.165) is 21.8 Å². The van der Waals surface area contributed by atoms with Gasteiger partial charge in [0.25, 0.3) is 0 Å². The van der Waals surface area contributed by atoms with Crippen LogP contribution in [0.25, 0.3) is 10.6 Å². The van der Waals surface area contributed by atoms with Crippen molar-refractivity contribution in [2.75, 3.05) is 5.32 Å². The lowest BCUT2D eigenvalue weighted by Gasteiger charge is -2.07. The Morgan fingerprint density at radius 1 is 1.17 bits per heavy atom. The van der Waals surface area contributed by atoms with Crippen LogP contribution in [0.5, 0.6) is 0 Å². The van der Waals surface area contributed by atoms with E-state index in [4.69, 9.17) is 23.2 Å². The molecule has 0 spiro atoms. The molecule has 0 fully saturated rings. The monoisotopic (exact) mass is 444 g/mol. The molecule has 0 unspecified atom stereocenters. The van der Waals surface area contributed by atoms with Crippen LogP contribution in [0.3, 0.4) is 0 Å². The standard InChI is InChI=1S/C19H14Cl2N6OS/c1-11-17(29-18(24-11)26-19(28)27-8-7-22-10-27)15-5-6-23-16(25-15)9-12-13(20)3-2-4-14(12)21/h2-8,10H,9H2,1H3,(H,24,26,28). The SMILES string of the molecule is Cc1nc(NC(=O)n2ccnc2)sc1-c1ccnc(Cc2c(Cl)cccc2Cl)n1. The third kappa shape index (κ3) is 4.29. The summed E-state index contributed by atoms with van der Waals surface area (Å²) in [6, 6.07) is 6.84. The molecule has 10 heteroatoms. The fraction of sp³-hybridized carbons (Fsp3) is 0.105. The third-order valence-electron chi connectivity index (χ3n) is 4.08. The van der Waals surface area contributed by atoms with Crippen molar-refractivity contribution in [3.63, 3.8) is 0 Å². The van der Waals surface area contributed by atoms with Crippen LogP contribution >= 0.6 is 34.5 Å². The number of amides is 1. The van der Waals surface area contributed by atoms with Crippen LogP contribution in [0.2, 0.25) is 10.0 Å². The molecule has 1 N–H and O–H groups in total. The van der Waals surface area contributed by atoms with Gasteiger partial charge in [-0.2, -0.15) is 0 Å². The van der Waals surface area contributed by atoms with Crippen LogP contribution in [0.15, 0.2) is 49.2 Å². The first kappa shape index (κ1) is 19.5. The fourth-order valence-corrected chi connectivity index (χ4v) is 4.15. The highest BCUT2D eigenvalue weighted by atomic mass is 35.5. The van der Waals surface area contributed by atoms with Crippen LogP contribution in [0.4, 0.5) is 9.93 Å². The van der Waals surface area contributed by atoms with Gasteiger partial charge in [-0.15, -0.1) is 0 Å². The van der Waals surface area contributed by atoms with Gasteiger partial charge in [0.15, 0.2) is 5.13 Å². The predicted octanol–water partition coefficient (Wildman–Crippen LogP) is 5.08. The van der Waals surface area contributed by atoms with E-state index in [0.29, 0.717) is 27.4 Å². The second kappa shape index (κ2) is 8.28. The molecule has 1 amide bonds. The molecule has 0 aliphatic carbocycles. The molecule has 3 heterocycles. The van der Waals surface area contributed by atoms with Gasteiger partial charge >= 0.3 is 6.03 Å². The quantitative estimate of drug-likeness (QED) is 0.473. The number of benzene rings is 1. The number of imidazole rings is 1. The zero-order valence-electron chi connectivity index (χ0n) is 15.1. The zero-order valence-corrected chi connectivity index (χ0v) is 17.5. The van der Waals surface area contributed by atoms with Crippen LogP contribution < -0.4 is 5.32 Å². The minimum Gasteiger partial charge on any atom is -0.283 e. The average molecular weight is 445 g/mol. The fourth-order valence-electron chi connectivity index (χ4n) is 2.69. The molecule has 0 aliphatic rings. The second-order valence-corrected chi connectivity index (χ2v) is 7.88. The highest BCUT2D eigenvalue weighted by Crippen LogP contribution is 2.32. The van der Waals surface area contributed by atoms with Gasteiger partial charge in [-0.3, -0.25) is 9.88 Å². The Hall–Kier alpha value is -2.81. The van der Waals surface area contributed by atoms with Crippen molar-refractivity contribution in [2.24, 2.45) is 0 Å². The Kier molecular flexibility index (Phi) is 5.57. The Balaban J connectivity index is 1.58. The Bertz CT molecular complexity index is 1160. The lowest BCUT2D eigenvalue weighted by atomic mass is 10.1. The molecular formula is C19H14Cl2N6OS. The number of nitrogens with one attached hydrogen (secondary N) is 1. The normalized spacial score (nSPS) is 10.9. The zero-order chi connectivity index (χ0) is 20.4. The molecule has 29 heavy (non-hydrogen) atoms. The number of carbonyl (C=O) groups is 1. The van der Waals surface area contributed by atoms with E-state index in [1.165, 1.54) is 28.4 Å². The number of thiazole rings is 1. The van der Waals surface area contributed by atoms with Crippen LogP contribution in [-0.2, 0) is 6.42 Å². The third-order valence-corrected chi connectivity index (χ3v) is 5.89. The van der Waals surface area contributed by atoms with Gasteiger partial charge in [-0.05, 0) is 30.7 Å². The number of halogens is 2. The first-order valence-electron chi connectivity index (χ1n) is 8.53. The maximum absolute atomic E-state index is 12.2. The van der Waals surface area contributed by atoms with Crippen LogP contribution in [0, 0.1) is 6.92 Å². The Morgan fingerprint density at radius 3 is 2.69 bits per heavy atom. The van der Waals surface area contributed by atoms with E-state index in [2.05, 4.69) is 25.3 Å². The summed E-state index contributed by atoms with van der Waals surface area (Å²) in [6.07, 6.45) is 6.62. The van der Waals surface area contributed by atoms with Crippen molar-refractivity contribution in [1.82, 2.24) is 24.5 Å². The van der Waals surface area contributed by atoms with Crippen LogP contribution in [0.1, 0.15) is 17.1 Å². The molecule has 146 valence electrons. The number of nitrogens with zero attached hydrogens (tertiary/aromatic N) is 5. The van der Waals surface area contributed by atoms with E-state index >= 15 is 0 Å². The molecule has 4 rings (SSSR count). The molecule has 7 nitrogen and oxygen atoms in total. The molecule has 0 aliphatic heterocycles. The number of rotatable bonds is 4. The molecule has 1 aromatic carbocycles. The van der Waals surface area contributed by atoms with E-state index in [-0.39, 0.29) is 6.03 Å². The minimum absolute atomic E-state index is 0.334. The predicted molar refractivity (Wildman–Crippen MR) is 114 cm³/mol. The number of aryl methyl sites for hydroxylation is 1. The summed E-state index contributed by atoms with van der Waals surface area (Å²) in [6.45, 7) is 1.87. The molecule has 0 radical (unpaired) electrons. The van der Waals surface area contributed by atoms with Crippen LogP contribution in [-0.4, -0.2) is 30.5 Å². The molecule has 0 saturated heterocycles. The maximum Gasteiger partial charge on any atom is 0.333 e. The Morgan fingerprint density at radius 2 is 1.97 bits per heavy atom. The van der Waals surface area contributed by atoms with Crippen molar-refractivity contribution in [3.8, 4) is 10.6 Å². The van der Waals surface area contributed by atoms with Crippen molar-refractivity contribution in [2.45, 2.75) is 13.3 Å². The van der Waals surface area contributed by atoms with E-state index in [9.17, 15) is 4.79 Å². The molecule has 0 atom stereocenters. The Labute approximate surface area is 180 Å². The summed E-state index contributed by atoms with van der Waals surface area (Å²) in [4.78, 5) is 30.3. The summed E-state index contributed by atoms with van der Waals surface area (Å²) in [5.41, 5.74) is 2.26. The highest BCUT2D eigenvalue weighted by molar-refractivity contribution is 7.19. The summed E-state index contributed by atoms with van der Waals surface area (Å²) >= 11 is 13.9. The molecule has 0 saturated carbocycles. The van der Waals surface area contributed by atoms with E-state index in [1.54, 1.807) is 36.7 Å². The van der Waals surface area contributed by atoms with E-state index in [1.807, 2.05) is 6.92 Å². The lowest BCUT2D eigenvalue weighted by Crippen LogP contribution is -2.17. The van der Waals surface area contributed by atoms with Crippen molar-refractivity contribution in [3.05, 3.63) is 76.3 Å². The lowest BCUT2D eigenvalue weighted by molar-refractivity contribution is 0.253. The number of hydrogen-bond acceptors (Lipinski definition) is 6. The molecule has 3 aromatic heterocycles. The van der Waals surface area contributed by atoms with Crippen molar-refractivity contribution >= 4 is 45.7 Å². The number of hydrogen-bond donors (Lipinski definition) is 1. The summed E-state index contributed by atoms with van der Waals surface area (Å²) in [7, 11) is 0. The average Bonchev–Trinajstić information content (AvgIpc) is 3.35. The summed E-state index contributed by atoms with van der Waals surface area (Å²) in [5, 5.41) is 4.38. The largest absolute Gasteiger partial charge is 0.333 e. The van der Waals surface area contributed by atoms with E-state index < -0.39 is 0 Å². The van der Waals surface area contributed by atoms with Gasteiger partial charge in [-0.1, -0.05) is 40.6 Å². The molecule has 4 aromatic rings. The minimum atomic E-state index is -0.334. The van der Waals surface area contributed by atoms with Gasteiger partial charge in [0.1, 0.15) is 12.2 Å². The molecule has 0 bridgehead atoms. The number of aromatic nitrogens is 5. The van der Waals surface area contributed by atoms with Crippen molar-refractivity contribution in [1.29, 1.82) is 0 Å². The first-order chi connectivity index (χ1) is 14.0. The molecular weight excluding hydrogens is 431 g/mol. The van der Waals surface area contributed by atoms with Gasteiger partial charge in [0.05, 0.1) is 16.3 Å². The van der Waals surface area contributed by atoms with Crippen molar-refractivity contribution < 1.29 is 4.79 Å². The smallest absolute Gasteiger partial charge is 0.283 e. The topological polar surface area (TPSA) is 85.6 Å². The van der Waals surface area contributed by atoms with Gasteiger partial charge in [-0.25, -0.2) is 24.7 Å².